The maximum atomic E-state index is 10.8. The van der Waals surface area contributed by atoms with Crippen LogP contribution < -0.4 is 0 Å². The van der Waals surface area contributed by atoms with Crippen molar-refractivity contribution in [2.24, 2.45) is 0 Å². The van der Waals surface area contributed by atoms with Crippen LogP contribution in [0.1, 0.15) is 11.7 Å². The molecule has 0 aromatic heterocycles. The predicted octanol–water partition coefficient (Wildman–Crippen LogP) is 1.37. The molecule has 1 aromatic carbocycles. The van der Waals surface area contributed by atoms with Gasteiger partial charge in [0.2, 0.25) is 0 Å². The third-order valence-electron chi connectivity index (χ3n) is 1.88. The summed E-state index contributed by atoms with van der Waals surface area (Å²) in [5.41, 5.74) is -0.218. The molecule has 0 aliphatic heterocycles. The van der Waals surface area contributed by atoms with E-state index in [9.17, 15) is 14.9 Å². The van der Waals surface area contributed by atoms with Gasteiger partial charge in [0.15, 0.2) is 6.10 Å². The molecule has 0 heterocycles. The average Bonchev–Trinajstić information content (AvgIpc) is 2.18. The highest BCUT2D eigenvalue weighted by Gasteiger charge is 2.26. The van der Waals surface area contributed by atoms with E-state index >= 15 is 0 Å². The normalized spacial score (nSPS) is 12.1. The Bertz CT molecular complexity index is 390. The van der Waals surface area contributed by atoms with E-state index < -0.39 is 17.0 Å². The minimum atomic E-state index is -1.31. The first-order chi connectivity index (χ1) is 7.07. The van der Waals surface area contributed by atoms with Crippen LogP contribution in [0, 0.1) is 10.1 Å². The SMILES string of the molecule is COC(C(=O)O)c1ccccc1[N+](=O)[O-]. The molecule has 1 aromatic rings. The lowest BCUT2D eigenvalue weighted by Crippen LogP contribution is -2.14. The summed E-state index contributed by atoms with van der Waals surface area (Å²) in [7, 11) is 1.19. The van der Waals surface area contributed by atoms with Crippen LogP contribution in [0.4, 0.5) is 5.69 Å². The van der Waals surface area contributed by atoms with E-state index in [0.29, 0.717) is 0 Å². The van der Waals surface area contributed by atoms with Crippen molar-refractivity contribution in [2.75, 3.05) is 7.11 Å². The molecule has 80 valence electrons. The van der Waals surface area contributed by atoms with E-state index in [2.05, 4.69) is 4.74 Å². The van der Waals surface area contributed by atoms with Gasteiger partial charge in [-0.25, -0.2) is 4.79 Å². The fraction of sp³-hybridized carbons (Fsp3) is 0.222. The van der Waals surface area contributed by atoms with Gasteiger partial charge in [0, 0.05) is 13.2 Å². The highest BCUT2D eigenvalue weighted by atomic mass is 16.6. The molecule has 0 aliphatic rings. The summed E-state index contributed by atoms with van der Waals surface area (Å²) < 4.78 is 4.68. The molecule has 6 nitrogen and oxygen atoms in total. The maximum Gasteiger partial charge on any atom is 0.337 e. The minimum absolute atomic E-state index is 0.0394. The Morgan fingerprint density at radius 3 is 2.60 bits per heavy atom. The lowest BCUT2D eigenvalue weighted by atomic mass is 10.1. The number of rotatable bonds is 4. The number of hydrogen-bond acceptors (Lipinski definition) is 4. The van der Waals surface area contributed by atoms with E-state index in [0.717, 1.165) is 0 Å². The molecule has 1 rings (SSSR count). The van der Waals surface area contributed by atoms with Gasteiger partial charge < -0.3 is 9.84 Å². The Morgan fingerprint density at radius 1 is 1.53 bits per heavy atom. The van der Waals surface area contributed by atoms with Gasteiger partial charge in [-0.05, 0) is 6.07 Å². The zero-order chi connectivity index (χ0) is 11.4. The van der Waals surface area contributed by atoms with E-state index in [1.54, 1.807) is 0 Å². The summed E-state index contributed by atoms with van der Waals surface area (Å²) in [5.74, 6) is -1.26. The molecule has 0 bridgehead atoms. The van der Waals surface area contributed by atoms with Crippen molar-refractivity contribution in [1.82, 2.24) is 0 Å². The van der Waals surface area contributed by atoms with E-state index in [1.807, 2.05) is 0 Å². The lowest BCUT2D eigenvalue weighted by molar-refractivity contribution is -0.386. The van der Waals surface area contributed by atoms with Gasteiger partial charge in [0.1, 0.15) is 0 Å². The van der Waals surface area contributed by atoms with Crippen LogP contribution in [0.15, 0.2) is 24.3 Å². The second-order valence-electron chi connectivity index (χ2n) is 2.77. The van der Waals surface area contributed by atoms with E-state index in [4.69, 9.17) is 5.11 Å². The molecule has 0 amide bonds. The topological polar surface area (TPSA) is 89.7 Å². The minimum Gasteiger partial charge on any atom is -0.479 e. The summed E-state index contributed by atoms with van der Waals surface area (Å²) in [6.45, 7) is 0. The van der Waals surface area contributed by atoms with Gasteiger partial charge in [-0.15, -0.1) is 0 Å². The quantitative estimate of drug-likeness (QED) is 0.600. The first kappa shape index (κ1) is 11.1. The van der Waals surface area contributed by atoms with Crippen LogP contribution in [0.5, 0.6) is 0 Å². The van der Waals surface area contributed by atoms with Crippen molar-refractivity contribution in [3.63, 3.8) is 0 Å². The largest absolute Gasteiger partial charge is 0.479 e. The average molecular weight is 211 g/mol. The second-order valence-corrected chi connectivity index (χ2v) is 2.77. The summed E-state index contributed by atoms with van der Waals surface area (Å²) >= 11 is 0. The summed E-state index contributed by atoms with van der Waals surface area (Å²) in [4.78, 5) is 20.7. The number of nitro groups is 1. The summed E-state index contributed by atoms with van der Waals surface area (Å²) in [6.07, 6.45) is -1.31. The lowest BCUT2D eigenvalue weighted by Gasteiger charge is -2.10. The molecule has 0 spiro atoms. The number of nitro benzene ring substituents is 1. The number of para-hydroxylation sites is 1. The standard InChI is InChI=1S/C9H9NO5/c1-15-8(9(11)12)6-4-2-3-5-7(6)10(13)14/h2-5,8H,1H3,(H,11,12). The number of benzene rings is 1. The molecule has 0 aliphatic carbocycles. The molecule has 0 fully saturated rings. The number of hydrogen-bond donors (Lipinski definition) is 1. The van der Waals surface area contributed by atoms with Crippen molar-refractivity contribution in [3.8, 4) is 0 Å². The molecular weight excluding hydrogens is 202 g/mol. The molecule has 1 atom stereocenters. The summed E-state index contributed by atoms with van der Waals surface area (Å²) in [6, 6.07) is 5.60. The van der Waals surface area contributed by atoms with Gasteiger partial charge in [-0.2, -0.15) is 0 Å². The molecule has 0 radical (unpaired) electrons. The number of nitrogens with zero attached hydrogens (tertiary/aromatic N) is 1. The van der Waals surface area contributed by atoms with Gasteiger partial charge in [-0.1, -0.05) is 12.1 Å². The van der Waals surface area contributed by atoms with Crippen molar-refractivity contribution < 1.29 is 19.6 Å². The fourth-order valence-electron chi connectivity index (χ4n) is 1.24. The van der Waals surface area contributed by atoms with E-state index in [1.165, 1.54) is 31.4 Å². The Balaban J connectivity index is 3.22. The highest BCUT2D eigenvalue weighted by Crippen LogP contribution is 2.26. The van der Waals surface area contributed by atoms with Gasteiger partial charge in [0.25, 0.3) is 5.69 Å². The summed E-state index contributed by atoms with van der Waals surface area (Å²) in [5, 5.41) is 19.4. The van der Waals surface area contributed by atoms with Crippen LogP contribution in [0.3, 0.4) is 0 Å². The van der Waals surface area contributed by atoms with Crippen molar-refractivity contribution in [2.45, 2.75) is 6.10 Å². The maximum absolute atomic E-state index is 10.8. The third-order valence-corrected chi connectivity index (χ3v) is 1.88. The number of methoxy groups -OCH3 is 1. The fourth-order valence-corrected chi connectivity index (χ4v) is 1.24. The van der Waals surface area contributed by atoms with Gasteiger partial charge in [0.05, 0.1) is 10.5 Å². The Kier molecular flexibility index (Phi) is 3.35. The van der Waals surface area contributed by atoms with Crippen LogP contribution >= 0.6 is 0 Å². The van der Waals surface area contributed by atoms with Crippen molar-refractivity contribution in [3.05, 3.63) is 39.9 Å². The zero-order valence-corrected chi connectivity index (χ0v) is 7.91. The van der Waals surface area contributed by atoms with Gasteiger partial charge in [-0.3, -0.25) is 10.1 Å². The number of carbonyl (C=O) groups is 1. The zero-order valence-electron chi connectivity index (χ0n) is 7.91. The Labute approximate surface area is 85.2 Å². The Hall–Kier alpha value is -1.95. The predicted molar refractivity (Wildman–Crippen MR) is 50.5 cm³/mol. The van der Waals surface area contributed by atoms with Crippen LogP contribution in [-0.4, -0.2) is 23.1 Å². The molecule has 6 heteroatoms. The number of carboxylic acids is 1. The van der Waals surface area contributed by atoms with Crippen LogP contribution in [0.2, 0.25) is 0 Å². The molecule has 0 saturated carbocycles. The first-order valence-electron chi connectivity index (χ1n) is 4.07. The van der Waals surface area contributed by atoms with Crippen molar-refractivity contribution in [1.29, 1.82) is 0 Å². The smallest absolute Gasteiger partial charge is 0.337 e. The molecule has 1 unspecified atom stereocenters. The molecule has 15 heavy (non-hydrogen) atoms. The van der Waals surface area contributed by atoms with E-state index in [-0.39, 0.29) is 11.3 Å². The Morgan fingerprint density at radius 2 is 2.13 bits per heavy atom. The second kappa shape index (κ2) is 4.52. The van der Waals surface area contributed by atoms with Crippen LogP contribution in [0.25, 0.3) is 0 Å². The van der Waals surface area contributed by atoms with Crippen LogP contribution in [-0.2, 0) is 9.53 Å². The van der Waals surface area contributed by atoms with Crippen molar-refractivity contribution >= 4 is 11.7 Å². The monoisotopic (exact) mass is 211 g/mol. The number of ether oxygens (including phenoxy) is 1. The first-order valence-corrected chi connectivity index (χ1v) is 4.07. The molecule has 0 saturated heterocycles. The highest BCUT2D eigenvalue weighted by molar-refractivity contribution is 5.76. The van der Waals surface area contributed by atoms with Gasteiger partial charge >= 0.3 is 5.97 Å². The molecular formula is C9H9NO5. The number of carboxylic acid groups (broad SMARTS) is 1. The third kappa shape index (κ3) is 2.29. The molecule has 1 N–H and O–H groups in total. The number of aliphatic carboxylic acids is 1.